The number of anilines is 1. The van der Waals surface area contributed by atoms with E-state index in [0.29, 0.717) is 11.4 Å². The van der Waals surface area contributed by atoms with Gasteiger partial charge in [-0.2, -0.15) is 5.10 Å². The summed E-state index contributed by atoms with van der Waals surface area (Å²) in [5.74, 6) is 0.191. The van der Waals surface area contributed by atoms with E-state index in [0.717, 1.165) is 31.4 Å². The monoisotopic (exact) mass is 387 g/mol. The number of carbonyl (C=O) groups is 1. The third-order valence-corrected chi connectivity index (χ3v) is 5.62. The van der Waals surface area contributed by atoms with Crippen molar-refractivity contribution in [2.45, 2.75) is 30.6 Å². The Labute approximate surface area is 158 Å². The van der Waals surface area contributed by atoms with Crippen LogP contribution in [0.15, 0.2) is 58.5 Å². The molecule has 0 aromatic heterocycles. The third-order valence-electron chi connectivity index (χ3n) is 4.25. The number of benzene rings is 2. The van der Waals surface area contributed by atoms with Crippen LogP contribution in [0.5, 0.6) is 5.75 Å². The molecule has 0 heterocycles. The van der Waals surface area contributed by atoms with Gasteiger partial charge in [0.1, 0.15) is 5.75 Å². The van der Waals surface area contributed by atoms with Crippen LogP contribution in [0.25, 0.3) is 0 Å². The van der Waals surface area contributed by atoms with E-state index in [1.54, 1.807) is 30.3 Å². The summed E-state index contributed by atoms with van der Waals surface area (Å²) in [6.07, 6.45) is 3.94. The zero-order valence-corrected chi connectivity index (χ0v) is 15.8. The topological polar surface area (TPSA) is 96.9 Å². The van der Waals surface area contributed by atoms with Crippen LogP contribution >= 0.6 is 0 Å². The maximum Gasteiger partial charge on any atom is 0.271 e. The molecule has 7 nitrogen and oxygen atoms in total. The molecule has 0 radical (unpaired) electrons. The highest BCUT2D eigenvalue weighted by molar-refractivity contribution is 7.92. The maximum atomic E-state index is 12.6. The highest BCUT2D eigenvalue weighted by atomic mass is 32.2. The molecule has 1 aliphatic carbocycles. The molecule has 1 aliphatic rings. The normalized spacial score (nSPS) is 13.9. The number of methoxy groups -OCH3 is 1. The summed E-state index contributed by atoms with van der Waals surface area (Å²) in [4.78, 5) is 12.3. The van der Waals surface area contributed by atoms with Crippen LogP contribution in [0.2, 0.25) is 0 Å². The van der Waals surface area contributed by atoms with E-state index in [1.807, 2.05) is 0 Å². The molecule has 8 heteroatoms. The first-order valence-electron chi connectivity index (χ1n) is 8.61. The van der Waals surface area contributed by atoms with E-state index < -0.39 is 15.9 Å². The van der Waals surface area contributed by atoms with Gasteiger partial charge in [-0.1, -0.05) is 6.07 Å². The zero-order valence-electron chi connectivity index (χ0n) is 14.9. The molecule has 142 valence electrons. The highest BCUT2D eigenvalue weighted by Gasteiger charge is 2.17. The largest absolute Gasteiger partial charge is 0.497 e. The van der Waals surface area contributed by atoms with Gasteiger partial charge in [-0.3, -0.25) is 9.52 Å². The fourth-order valence-electron chi connectivity index (χ4n) is 2.77. The maximum absolute atomic E-state index is 12.6. The van der Waals surface area contributed by atoms with Gasteiger partial charge in [-0.15, -0.1) is 0 Å². The molecule has 2 aromatic rings. The first kappa shape index (κ1) is 18.9. The first-order chi connectivity index (χ1) is 13.0. The molecular formula is C19H21N3O4S. The molecule has 0 atom stereocenters. The van der Waals surface area contributed by atoms with E-state index >= 15 is 0 Å². The lowest BCUT2D eigenvalue weighted by molar-refractivity contribution is 0.0954. The fourth-order valence-corrected chi connectivity index (χ4v) is 3.87. The Hall–Kier alpha value is -2.87. The summed E-state index contributed by atoms with van der Waals surface area (Å²) < 4.78 is 32.7. The van der Waals surface area contributed by atoms with E-state index in [-0.39, 0.29) is 10.5 Å². The van der Waals surface area contributed by atoms with Gasteiger partial charge in [-0.25, -0.2) is 13.8 Å². The Bertz CT molecular complexity index is 945. The predicted molar refractivity (Wildman–Crippen MR) is 104 cm³/mol. The lowest BCUT2D eigenvalue weighted by Crippen LogP contribution is -2.20. The van der Waals surface area contributed by atoms with Gasteiger partial charge in [0, 0.05) is 17.0 Å². The van der Waals surface area contributed by atoms with E-state index in [4.69, 9.17) is 4.74 Å². The molecule has 0 unspecified atom stereocenters. The van der Waals surface area contributed by atoms with Crippen LogP contribution < -0.4 is 14.9 Å². The van der Waals surface area contributed by atoms with Crippen molar-refractivity contribution in [1.82, 2.24) is 5.43 Å². The van der Waals surface area contributed by atoms with E-state index in [2.05, 4.69) is 15.2 Å². The Morgan fingerprint density at radius 2 is 1.78 bits per heavy atom. The summed E-state index contributed by atoms with van der Waals surface area (Å²) in [5, 5.41) is 4.12. The summed E-state index contributed by atoms with van der Waals surface area (Å²) in [6.45, 7) is 0. The zero-order chi connectivity index (χ0) is 19.3. The van der Waals surface area contributed by atoms with Crippen molar-refractivity contribution in [2.75, 3.05) is 11.8 Å². The molecule has 27 heavy (non-hydrogen) atoms. The number of carbonyl (C=O) groups excluding carboxylic acids is 1. The number of hydrogen-bond donors (Lipinski definition) is 2. The molecule has 0 spiro atoms. The van der Waals surface area contributed by atoms with Crippen LogP contribution in [-0.4, -0.2) is 27.1 Å². The predicted octanol–water partition coefficient (Wildman–Crippen LogP) is 3.16. The number of nitrogens with one attached hydrogen (secondary N) is 2. The quantitative estimate of drug-likeness (QED) is 0.744. The van der Waals surface area contributed by atoms with Crippen LogP contribution in [0.3, 0.4) is 0 Å². The Morgan fingerprint density at radius 3 is 2.44 bits per heavy atom. The van der Waals surface area contributed by atoms with Crippen LogP contribution in [0.4, 0.5) is 5.69 Å². The first-order valence-corrected chi connectivity index (χ1v) is 10.1. The molecule has 2 N–H and O–H groups in total. The lowest BCUT2D eigenvalue weighted by atomic mass is 10.2. The Morgan fingerprint density at radius 1 is 1.07 bits per heavy atom. The van der Waals surface area contributed by atoms with Gasteiger partial charge in [-0.05, 0) is 68.1 Å². The smallest absolute Gasteiger partial charge is 0.271 e. The van der Waals surface area contributed by atoms with Crippen molar-refractivity contribution in [3.63, 3.8) is 0 Å². The minimum Gasteiger partial charge on any atom is -0.497 e. The number of hydrazone groups is 1. The fraction of sp³-hybridized carbons (Fsp3) is 0.263. The molecule has 1 amide bonds. The second-order valence-corrected chi connectivity index (χ2v) is 7.87. The van der Waals surface area contributed by atoms with Gasteiger partial charge in [0.05, 0.1) is 12.0 Å². The average Bonchev–Trinajstić information content (AvgIpc) is 3.20. The molecule has 0 saturated heterocycles. The molecule has 3 rings (SSSR count). The van der Waals surface area contributed by atoms with Gasteiger partial charge in [0.25, 0.3) is 15.9 Å². The average molecular weight is 387 g/mol. The summed E-state index contributed by atoms with van der Waals surface area (Å²) >= 11 is 0. The second kappa shape index (κ2) is 8.22. The minimum atomic E-state index is -3.83. The van der Waals surface area contributed by atoms with Gasteiger partial charge >= 0.3 is 0 Å². The van der Waals surface area contributed by atoms with Crippen molar-refractivity contribution in [1.29, 1.82) is 0 Å². The number of rotatable bonds is 6. The van der Waals surface area contributed by atoms with E-state index in [1.165, 1.54) is 25.3 Å². The van der Waals surface area contributed by atoms with Crippen LogP contribution in [0, 0.1) is 0 Å². The van der Waals surface area contributed by atoms with Gasteiger partial charge in [0.15, 0.2) is 0 Å². The van der Waals surface area contributed by atoms with Gasteiger partial charge < -0.3 is 4.74 Å². The van der Waals surface area contributed by atoms with Crippen LogP contribution in [-0.2, 0) is 10.0 Å². The number of ether oxygens (including phenoxy) is 1. The van der Waals surface area contributed by atoms with Gasteiger partial charge in [0.2, 0.25) is 0 Å². The lowest BCUT2D eigenvalue weighted by Gasteiger charge is -2.10. The summed E-state index contributed by atoms with van der Waals surface area (Å²) in [7, 11) is -2.29. The molecule has 1 saturated carbocycles. The SMILES string of the molecule is COc1ccc(NS(=O)(=O)c2cccc(C(=O)NN=C3CCCC3)c2)cc1. The molecule has 0 bridgehead atoms. The number of sulfonamides is 1. The molecule has 1 fully saturated rings. The van der Waals surface area contributed by atoms with Crippen molar-refractivity contribution in [3.8, 4) is 5.75 Å². The molecule has 0 aliphatic heterocycles. The number of hydrogen-bond acceptors (Lipinski definition) is 5. The van der Waals surface area contributed by atoms with Crippen molar-refractivity contribution in [2.24, 2.45) is 5.10 Å². The summed E-state index contributed by atoms with van der Waals surface area (Å²) in [5.41, 5.74) is 4.10. The third kappa shape index (κ3) is 4.85. The van der Waals surface area contributed by atoms with Crippen molar-refractivity contribution in [3.05, 3.63) is 54.1 Å². The second-order valence-electron chi connectivity index (χ2n) is 6.19. The summed E-state index contributed by atoms with van der Waals surface area (Å²) in [6, 6.07) is 12.4. The highest BCUT2D eigenvalue weighted by Crippen LogP contribution is 2.20. The minimum absolute atomic E-state index is 0.000475. The number of amides is 1. The van der Waals surface area contributed by atoms with Crippen molar-refractivity contribution < 1.29 is 17.9 Å². The van der Waals surface area contributed by atoms with Crippen molar-refractivity contribution >= 4 is 27.3 Å². The molecular weight excluding hydrogens is 366 g/mol. The molecule has 2 aromatic carbocycles. The van der Waals surface area contributed by atoms with Crippen LogP contribution in [0.1, 0.15) is 36.0 Å². The standard InChI is InChI=1S/C19H21N3O4S/c1-26-17-11-9-16(10-12-17)22-27(24,25)18-8-4-5-14(13-18)19(23)21-20-15-6-2-3-7-15/h4-5,8-13,22H,2-3,6-7H2,1H3,(H,21,23). The Balaban J connectivity index is 1.74. The number of nitrogens with zero attached hydrogens (tertiary/aromatic N) is 1. The Kier molecular flexibility index (Phi) is 5.75. The van der Waals surface area contributed by atoms with E-state index in [9.17, 15) is 13.2 Å².